The Morgan fingerprint density at radius 1 is 0.793 bits per heavy atom. The van der Waals surface area contributed by atoms with E-state index in [1.807, 2.05) is 56.6 Å². The van der Waals surface area contributed by atoms with Gasteiger partial charge in [-0.25, -0.2) is 6.57 Å². The maximum absolute atomic E-state index is 12.8. The van der Waals surface area contributed by atoms with E-state index < -0.39 is 10.8 Å². The fourth-order valence-electron chi connectivity index (χ4n) is 8.56. The number of hydrogen-bond donors (Lipinski definition) is 2. The second kappa shape index (κ2) is 15.1. The lowest BCUT2D eigenvalue weighted by molar-refractivity contribution is -0.125. The summed E-state index contributed by atoms with van der Waals surface area (Å²) in [5.41, 5.74) is 5.65. The number of tetrazole rings is 1. The molecule has 2 aromatic carbocycles. The first-order chi connectivity index (χ1) is 27.9. The van der Waals surface area contributed by atoms with Crippen LogP contribution in [0.4, 0.5) is 0 Å². The molecule has 2 aliphatic carbocycles. The van der Waals surface area contributed by atoms with Gasteiger partial charge in [0.05, 0.1) is 28.2 Å². The Balaban J connectivity index is 0.000000162. The van der Waals surface area contributed by atoms with Crippen LogP contribution in [0.25, 0.3) is 16.1 Å². The molecule has 0 saturated heterocycles. The zero-order valence-electron chi connectivity index (χ0n) is 33.5. The first-order valence-corrected chi connectivity index (χ1v) is 20.2. The lowest BCUT2D eigenvalue weighted by atomic mass is 9.63. The number of carbonyl (C=O) groups is 1. The van der Waals surface area contributed by atoms with Crippen molar-refractivity contribution in [3.05, 3.63) is 147 Å². The van der Waals surface area contributed by atoms with Crippen LogP contribution in [-0.4, -0.2) is 68.8 Å². The van der Waals surface area contributed by atoms with Crippen LogP contribution in [0.1, 0.15) is 112 Å². The van der Waals surface area contributed by atoms with Crippen molar-refractivity contribution < 1.29 is 4.79 Å². The summed E-state index contributed by atoms with van der Waals surface area (Å²) in [6.45, 7) is 17.5. The fraction of sp³-hybridized carbons (Fsp3) is 0.386. The monoisotopic (exact) mass is 794 g/mol. The number of pyridine rings is 2. The maximum atomic E-state index is 12.8. The predicted molar refractivity (Wildman–Crippen MR) is 222 cm³/mol. The number of H-pyrrole nitrogens is 1. The number of nitrogens with one attached hydrogen (secondary N) is 2. The van der Waals surface area contributed by atoms with Crippen LogP contribution >= 0.6 is 11.6 Å². The molecule has 9 rings (SSSR count). The maximum Gasteiger partial charge on any atom is 0.231 e. The quantitative estimate of drug-likeness (QED) is 0.107. The number of aromatic nitrogens is 10. The van der Waals surface area contributed by atoms with Gasteiger partial charge in [0.1, 0.15) is 11.6 Å². The second-order valence-corrected chi connectivity index (χ2v) is 17.1. The first-order valence-electron chi connectivity index (χ1n) is 19.8. The van der Waals surface area contributed by atoms with Gasteiger partial charge in [-0.3, -0.25) is 13.6 Å². The number of nitrogens with zero attached hydrogens (tertiary/aromatic N) is 10. The fourth-order valence-corrected chi connectivity index (χ4v) is 8.69. The standard InChI is InChI=1S/C24H27N5O.C20H20ClN7/c1-17-8-10-18(11-9-17)24(12-6-13-24)21-28-27-20-19(7-5-16-29(20)21)23(2,3)22(30)26-15-14-25-4;1-19(2,17-23-26-27-24-17)15-5-3-12-28-16(15)22-25-18(28)20(10-4-11-20)13-6-8-14(21)9-7-13/h5,7-11,16H,6,12-15H2,1-3H3,(H,26,30);3,5-9,12H,4,10-11H2,1-2H3,(H,23,24,26,27). The van der Waals surface area contributed by atoms with Crippen molar-refractivity contribution in [3.63, 3.8) is 0 Å². The molecule has 13 nitrogen and oxygen atoms in total. The molecule has 7 aromatic rings. The van der Waals surface area contributed by atoms with Crippen molar-refractivity contribution in [2.24, 2.45) is 0 Å². The van der Waals surface area contributed by atoms with Crippen LogP contribution in [0.3, 0.4) is 0 Å². The summed E-state index contributed by atoms with van der Waals surface area (Å²) in [5, 5.41) is 36.7. The van der Waals surface area contributed by atoms with Crippen LogP contribution in [0, 0.1) is 13.5 Å². The average molecular weight is 795 g/mol. The highest BCUT2D eigenvalue weighted by atomic mass is 35.5. The summed E-state index contributed by atoms with van der Waals surface area (Å²) in [6.07, 6.45) is 10.6. The third-order valence-electron chi connectivity index (χ3n) is 12.5. The topological polar surface area (TPSA) is 148 Å². The normalized spacial score (nSPS) is 15.8. The highest BCUT2D eigenvalue weighted by molar-refractivity contribution is 6.30. The Morgan fingerprint density at radius 3 is 1.83 bits per heavy atom. The van der Waals surface area contributed by atoms with Crippen molar-refractivity contribution in [2.45, 2.75) is 94.8 Å². The zero-order chi connectivity index (χ0) is 40.7. The van der Waals surface area contributed by atoms with Gasteiger partial charge in [-0.05, 0) is 95.7 Å². The van der Waals surface area contributed by atoms with Crippen molar-refractivity contribution in [1.29, 1.82) is 0 Å². The highest BCUT2D eigenvalue weighted by Crippen LogP contribution is 2.50. The van der Waals surface area contributed by atoms with Gasteiger partial charge in [0.25, 0.3) is 0 Å². The van der Waals surface area contributed by atoms with Gasteiger partial charge >= 0.3 is 0 Å². The van der Waals surface area contributed by atoms with Crippen molar-refractivity contribution >= 4 is 28.8 Å². The molecule has 2 saturated carbocycles. The number of fused-ring (bicyclic) bond motifs is 2. The molecule has 5 heterocycles. The van der Waals surface area contributed by atoms with E-state index in [4.69, 9.17) is 18.2 Å². The lowest BCUT2D eigenvalue weighted by Gasteiger charge is -2.41. The molecule has 0 spiro atoms. The number of aromatic amines is 1. The van der Waals surface area contributed by atoms with Gasteiger partial charge in [-0.1, -0.05) is 83.8 Å². The Bertz CT molecular complexity index is 2610. The number of benzene rings is 2. The summed E-state index contributed by atoms with van der Waals surface area (Å²) < 4.78 is 4.17. The SMILES string of the molecule is CC(C)(c1nn[nH]n1)c1cccn2c(C3(c4ccc(Cl)cc4)CCC3)nnc12.[C-]#[N+]CCNC(=O)C(C)(C)c1cccn2c(C3(c4ccc(C)cc4)CCC3)nnc12. The molecule has 2 N–H and O–H groups in total. The molecule has 2 aliphatic rings. The number of aryl methyl sites for hydroxylation is 1. The average Bonchev–Trinajstić information content (AvgIpc) is 3.98. The van der Waals surface area contributed by atoms with Crippen molar-refractivity contribution in [3.8, 4) is 0 Å². The van der Waals surface area contributed by atoms with E-state index in [9.17, 15) is 4.79 Å². The largest absolute Gasteiger partial charge is 0.348 e. The Labute approximate surface area is 342 Å². The van der Waals surface area contributed by atoms with Gasteiger partial charge in [0, 0.05) is 28.5 Å². The molecule has 2 fully saturated rings. The van der Waals surface area contributed by atoms with E-state index in [1.54, 1.807) is 0 Å². The minimum Gasteiger partial charge on any atom is -0.348 e. The Hall–Kier alpha value is -6.00. The third kappa shape index (κ3) is 6.49. The summed E-state index contributed by atoms with van der Waals surface area (Å²) in [5.74, 6) is 2.43. The number of carbonyl (C=O) groups excluding carboxylic acids is 1. The Morgan fingerprint density at radius 2 is 1.33 bits per heavy atom. The number of amides is 1. The number of hydrogen-bond acceptors (Lipinski definition) is 8. The minimum absolute atomic E-state index is 0.110. The van der Waals surface area contributed by atoms with E-state index in [0.29, 0.717) is 12.4 Å². The van der Waals surface area contributed by atoms with Crippen molar-refractivity contribution in [1.82, 2.24) is 55.1 Å². The minimum atomic E-state index is -0.786. The molecule has 1 amide bonds. The van der Waals surface area contributed by atoms with Crippen LogP contribution in [-0.2, 0) is 26.5 Å². The van der Waals surface area contributed by atoms with Gasteiger partial charge < -0.3 is 10.2 Å². The second-order valence-electron chi connectivity index (χ2n) is 16.6. The molecular formula is C44H47ClN12O. The lowest BCUT2D eigenvalue weighted by Crippen LogP contribution is -2.41. The summed E-state index contributed by atoms with van der Waals surface area (Å²) >= 11 is 6.11. The van der Waals surface area contributed by atoms with E-state index in [2.05, 4.69) is 123 Å². The molecular weight excluding hydrogens is 748 g/mol. The van der Waals surface area contributed by atoms with E-state index in [1.165, 1.54) is 23.1 Å². The predicted octanol–water partition coefficient (Wildman–Crippen LogP) is 7.51. The molecule has 5 aromatic heterocycles. The number of halogens is 1. The van der Waals surface area contributed by atoms with Crippen LogP contribution in [0.5, 0.6) is 0 Å². The zero-order valence-corrected chi connectivity index (χ0v) is 34.3. The van der Waals surface area contributed by atoms with Gasteiger partial charge in [0.15, 0.2) is 17.1 Å². The van der Waals surface area contributed by atoms with Gasteiger partial charge in [-0.2, -0.15) is 5.21 Å². The van der Waals surface area contributed by atoms with Gasteiger partial charge in [-0.15, -0.1) is 30.6 Å². The highest BCUT2D eigenvalue weighted by Gasteiger charge is 2.46. The molecule has 0 aliphatic heterocycles. The van der Waals surface area contributed by atoms with Crippen LogP contribution in [0.2, 0.25) is 5.02 Å². The van der Waals surface area contributed by atoms with E-state index >= 15 is 0 Å². The molecule has 0 bridgehead atoms. The van der Waals surface area contributed by atoms with Crippen LogP contribution in [0.15, 0.2) is 85.2 Å². The van der Waals surface area contributed by atoms with E-state index in [-0.39, 0.29) is 23.3 Å². The first kappa shape index (κ1) is 38.9. The summed E-state index contributed by atoms with van der Waals surface area (Å²) in [7, 11) is 0. The smallest absolute Gasteiger partial charge is 0.231 e. The molecule has 58 heavy (non-hydrogen) atoms. The number of rotatable bonds is 10. The van der Waals surface area contributed by atoms with E-state index in [0.717, 1.165) is 71.2 Å². The molecule has 0 unspecified atom stereocenters. The molecule has 0 atom stereocenters. The molecule has 296 valence electrons. The van der Waals surface area contributed by atoms with Crippen molar-refractivity contribution in [2.75, 3.05) is 13.1 Å². The molecule has 14 heteroatoms. The summed E-state index contributed by atoms with van der Waals surface area (Å²) in [6, 6.07) is 24.8. The Kier molecular flexibility index (Phi) is 10.1. The summed E-state index contributed by atoms with van der Waals surface area (Å²) in [4.78, 5) is 16.1. The molecule has 0 radical (unpaired) electrons. The van der Waals surface area contributed by atoms with Gasteiger partial charge in [0.2, 0.25) is 12.5 Å². The van der Waals surface area contributed by atoms with Crippen LogP contribution < -0.4 is 5.32 Å². The third-order valence-corrected chi connectivity index (χ3v) is 12.7.